The molecule has 0 aliphatic heterocycles. The Kier molecular flexibility index (Phi) is 7.32. The smallest absolute Gasteiger partial charge is 0.0593 e. The summed E-state index contributed by atoms with van der Waals surface area (Å²) in [6, 6.07) is 1.39. The van der Waals surface area contributed by atoms with Crippen molar-refractivity contribution in [2.24, 2.45) is 5.92 Å². The molecule has 0 radical (unpaired) electrons. The summed E-state index contributed by atoms with van der Waals surface area (Å²) in [5.74, 6) is 0.886. The lowest BCUT2D eigenvalue weighted by molar-refractivity contribution is 0.0818. The van der Waals surface area contributed by atoms with Gasteiger partial charge in [-0.15, -0.1) is 0 Å². The van der Waals surface area contributed by atoms with E-state index in [2.05, 4.69) is 24.2 Å². The highest BCUT2D eigenvalue weighted by Crippen LogP contribution is 2.28. The average molecular weight is 282 g/mol. The van der Waals surface area contributed by atoms with Crippen LogP contribution in [0.2, 0.25) is 0 Å². The standard InChI is InChI=1S/C17H34N2O/c1-3-11-18-16-7-5-4-6-8-17(16)19(2)12-13-20-14-15-9-10-15/h15-18H,3-14H2,1-2H3. The molecule has 2 fully saturated rings. The van der Waals surface area contributed by atoms with Gasteiger partial charge in [-0.1, -0.05) is 26.2 Å². The molecule has 3 nitrogen and oxygen atoms in total. The third-order valence-corrected chi connectivity index (χ3v) is 4.84. The Balaban J connectivity index is 1.71. The van der Waals surface area contributed by atoms with Crippen molar-refractivity contribution < 1.29 is 4.74 Å². The minimum absolute atomic E-state index is 0.686. The van der Waals surface area contributed by atoms with Gasteiger partial charge in [0.2, 0.25) is 0 Å². The molecule has 0 amide bonds. The summed E-state index contributed by atoms with van der Waals surface area (Å²) in [5.41, 5.74) is 0. The molecule has 3 heteroatoms. The van der Waals surface area contributed by atoms with Crippen LogP contribution < -0.4 is 5.32 Å². The van der Waals surface area contributed by atoms with Crippen LogP contribution in [0.3, 0.4) is 0 Å². The molecule has 20 heavy (non-hydrogen) atoms. The van der Waals surface area contributed by atoms with Gasteiger partial charge >= 0.3 is 0 Å². The Morgan fingerprint density at radius 2 is 1.90 bits per heavy atom. The molecule has 0 aromatic carbocycles. The molecular weight excluding hydrogens is 248 g/mol. The lowest BCUT2D eigenvalue weighted by Crippen LogP contribution is -2.49. The van der Waals surface area contributed by atoms with E-state index in [0.29, 0.717) is 12.1 Å². The number of nitrogens with zero attached hydrogens (tertiary/aromatic N) is 1. The van der Waals surface area contributed by atoms with Gasteiger partial charge in [-0.05, 0) is 51.6 Å². The summed E-state index contributed by atoms with van der Waals surface area (Å²) in [5, 5.41) is 3.78. The van der Waals surface area contributed by atoms with E-state index in [1.165, 1.54) is 51.4 Å². The first kappa shape index (κ1) is 16.3. The number of rotatable bonds is 9. The molecule has 0 saturated heterocycles. The summed E-state index contributed by atoms with van der Waals surface area (Å²) in [7, 11) is 2.29. The van der Waals surface area contributed by atoms with Crippen LogP contribution in [0.15, 0.2) is 0 Å². The van der Waals surface area contributed by atoms with E-state index in [1.807, 2.05) is 0 Å². The van der Waals surface area contributed by atoms with Crippen molar-refractivity contribution in [3.63, 3.8) is 0 Å². The van der Waals surface area contributed by atoms with Gasteiger partial charge in [0.05, 0.1) is 6.61 Å². The minimum atomic E-state index is 0.686. The van der Waals surface area contributed by atoms with Crippen molar-refractivity contribution in [1.29, 1.82) is 0 Å². The van der Waals surface area contributed by atoms with Gasteiger partial charge < -0.3 is 10.1 Å². The molecule has 1 N–H and O–H groups in total. The van der Waals surface area contributed by atoms with E-state index in [4.69, 9.17) is 4.74 Å². The second-order valence-corrected chi connectivity index (χ2v) is 6.76. The summed E-state index contributed by atoms with van der Waals surface area (Å²) in [6.45, 7) is 6.41. The van der Waals surface area contributed by atoms with Crippen LogP contribution in [0.25, 0.3) is 0 Å². The predicted octanol–water partition coefficient (Wildman–Crippen LogP) is 3.05. The summed E-state index contributed by atoms with van der Waals surface area (Å²) >= 11 is 0. The molecule has 2 aliphatic rings. The normalized spacial score (nSPS) is 27.8. The maximum absolute atomic E-state index is 5.80. The van der Waals surface area contributed by atoms with Crippen LogP contribution in [0.5, 0.6) is 0 Å². The van der Waals surface area contributed by atoms with Gasteiger partial charge in [0.25, 0.3) is 0 Å². The number of likely N-dealkylation sites (N-methyl/N-ethyl adjacent to an activating group) is 1. The Bertz CT molecular complexity index is 255. The van der Waals surface area contributed by atoms with Gasteiger partial charge in [0, 0.05) is 25.2 Å². The number of ether oxygens (including phenoxy) is 1. The van der Waals surface area contributed by atoms with Crippen molar-refractivity contribution in [3.8, 4) is 0 Å². The number of hydrogen-bond acceptors (Lipinski definition) is 3. The summed E-state index contributed by atoms with van der Waals surface area (Å²) in [4.78, 5) is 2.55. The summed E-state index contributed by atoms with van der Waals surface area (Å²) < 4.78 is 5.80. The SMILES string of the molecule is CCCNC1CCCCCC1N(C)CCOCC1CC1. The van der Waals surface area contributed by atoms with Crippen molar-refractivity contribution in [2.75, 3.05) is 33.4 Å². The molecule has 0 aromatic rings. The van der Waals surface area contributed by atoms with Crippen molar-refractivity contribution in [3.05, 3.63) is 0 Å². The fourth-order valence-electron chi connectivity index (χ4n) is 3.29. The second-order valence-electron chi connectivity index (χ2n) is 6.76. The van der Waals surface area contributed by atoms with E-state index in [-0.39, 0.29) is 0 Å². The van der Waals surface area contributed by atoms with Crippen LogP contribution >= 0.6 is 0 Å². The largest absolute Gasteiger partial charge is 0.380 e. The van der Waals surface area contributed by atoms with E-state index < -0.39 is 0 Å². The molecular formula is C17H34N2O. The summed E-state index contributed by atoms with van der Waals surface area (Å²) in [6.07, 6.45) is 10.9. The van der Waals surface area contributed by atoms with Gasteiger partial charge in [-0.3, -0.25) is 4.90 Å². The first-order chi connectivity index (χ1) is 9.81. The lowest BCUT2D eigenvalue weighted by Gasteiger charge is -2.34. The maximum atomic E-state index is 5.80. The average Bonchev–Trinajstić information content (AvgIpc) is 3.27. The molecule has 2 saturated carbocycles. The second kappa shape index (κ2) is 9.01. The van der Waals surface area contributed by atoms with Crippen LogP contribution in [0.4, 0.5) is 0 Å². The highest BCUT2D eigenvalue weighted by atomic mass is 16.5. The maximum Gasteiger partial charge on any atom is 0.0593 e. The molecule has 0 bridgehead atoms. The Labute approximate surface area is 125 Å². The van der Waals surface area contributed by atoms with Gasteiger partial charge in [-0.2, -0.15) is 0 Å². The van der Waals surface area contributed by atoms with Gasteiger partial charge in [0.15, 0.2) is 0 Å². The fourth-order valence-corrected chi connectivity index (χ4v) is 3.29. The zero-order valence-electron chi connectivity index (χ0n) is 13.6. The topological polar surface area (TPSA) is 24.5 Å². The highest BCUT2D eigenvalue weighted by Gasteiger charge is 2.26. The number of hydrogen-bond donors (Lipinski definition) is 1. The van der Waals surface area contributed by atoms with Gasteiger partial charge in [0.1, 0.15) is 0 Å². The minimum Gasteiger partial charge on any atom is -0.380 e. The third-order valence-electron chi connectivity index (χ3n) is 4.84. The molecule has 118 valence electrons. The first-order valence-corrected chi connectivity index (χ1v) is 8.82. The van der Waals surface area contributed by atoms with Crippen LogP contribution in [-0.2, 0) is 4.74 Å². The zero-order valence-corrected chi connectivity index (χ0v) is 13.6. The molecule has 0 aromatic heterocycles. The Hall–Kier alpha value is -0.120. The molecule has 2 aliphatic carbocycles. The fraction of sp³-hybridized carbons (Fsp3) is 1.00. The quantitative estimate of drug-likeness (QED) is 0.519. The molecule has 2 atom stereocenters. The van der Waals surface area contributed by atoms with Crippen molar-refractivity contribution in [1.82, 2.24) is 10.2 Å². The monoisotopic (exact) mass is 282 g/mol. The van der Waals surface area contributed by atoms with E-state index >= 15 is 0 Å². The van der Waals surface area contributed by atoms with E-state index in [9.17, 15) is 0 Å². The molecule has 0 heterocycles. The third kappa shape index (κ3) is 5.71. The molecule has 2 unspecified atom stereocenters. The Morgan fingerprint density at radius 1 is 1.10 bits per heavy atom. The predicted molar refractivity (Wildman–Crippen MR) is 85.1 cm³/mol. The number of nitrogens with one attached hydrogen (secondary N) is 1. The first-order valence-electron chi connectivity index (χ1n) is 8.82. The van der Waals surface area contributed by atoms with Crippen LogP contribution in [0, 0.1) is 5.92 Å². The Morgan fingerprint density at radius 3 is 2.65 bits per heavy atom. The lowest BCUT2D eigenvalue weighted by atomic mass is 10.0. The molecule has 2 rings (SSSR count). The van der Waals surface area contributed by atoms with Crippen LogP contribution in [-0.4, -0.2) is 50.3 Å². The van der Waals surface area contributed by atoms with Crippen molar-refractivity contribution in [2.45, 2.75) is 70.4 Å². The van der Waals surface area contributed by atoms with Gasteiger partial charge in [-0.25, -0.2) is 0 Å². The van der Waals surface area contributed by atoms with E-state index in [1.54, 1.807) is 0 Å². The molecule has 0 spiro atoms. The highest BCUT2D eigenvalue weighted by molar-refractivity contribution is 4.85. The van der Waals surface area contributed by atoms with E-state index in [0.717, 1.165) is 32.2 Å². The zero-order chi connectivity index (χ0) is 14.2. The van der Waals surface area contributed by atoms with Crippen molar-refractivity contribution >= 4 is 0 Å². The van der Waals surface area contributed by atoms with Crippen LogP contribution in [0.1, 0.15) is 58.3 Å².